The molecule has 0 aliphatic heterocycles. The van der Waals surface area contributed by atoms with Gasteiger partial charge in [-0.3, -0.25) is 9.59 Å². The molecule has 3 nitrogen and oxygen atoms in total. The van der Waals surface area contributed by atoms with Crippen molar-refractivity contribution in [2.24, 2.45) is 17.8 Å². The van der Waals surface area contributed by atoms with Crippen molar-refractivity contribution in [1.82, 2.24) is 0 Å². The van der Waals surface area contributed by atoms with Crippen LogP contribution in [0.5, 0.6) is 5.75 Å². The fourth-order valence-corrected chi connectivity index (χ4v) is 4.73. The lowest BCUT2D eigenvalue weighted by atomic mass is 9.80. The Bertz CT molecular complexity index is 641. The van der Waals surface area contributed by atoms with Crippen LogP contribution in [-0.2, 0) is 4.79 Å². The van der Waals surface area contributed by atoms with E-state index >= 15 is 0 Å². The van der Waals surface area contributed by atoms with Crippen LogP contribution in [0.2, 0.25) is 0 Å². The summed E-state index contributed by atoms with van der Waals surface area (Å²) >= 11 is 0. The second-order valence-corrected chi connectivity index (χ2v) is 9.63. The third-order valence-electron chi connectivity index (χ3n) is 6.94. The molecule has 1 unspecified atom stereocenters. The third-order valence-corrected chi connectivity index (χ3v) is 6.94. The van der Waals surface area contributed by atoms with Gasteiger partial charge < -0.3 is 4.74 Å². The molecule has 1 saturated carbocycles. The van der Waals surface area contributed by atoms with Crippen molar-refractivity contribution in [3.05, 3.63) is 29.8 Å². The standard InChI is InChI=1S/C28H44O3/c1-4-6-8-10-12-22(3)27(29)24-18-20-26(21-19-24)31-28(30)25-16-14-23(15-17-25)13-11-9-7-5-2/h18-23,25H,4-17H2,1-3H3/t22?,23-,25-. The van der Waals surface area contributed by atoms with Gasteiger partial charge in [-0.15, -0.1) is 0 Å². The van der Waals surface area contributed by atoms with Crippen LogP contribution in [0.4, 0.5) is 0 Å². The lowest BCUT2D eigenvalue weighted by Gasteiger charge is -2.27. The van der Waals surface area contributed by atoms with Crippen LogP contribution < -0.4 is 4.74 Å². The first-order chi connectivity index (χ1) is 15.0. The van der Waals surface area contributed by atoms with Gasteiger partial charge in [0, 0.05) is 11.5 Å². The highest BCUT2D eigenvalue weighted by atomic mass is 16.5. The molecule has 2 rings (SSSR count). The molecular formula is C28H44O3. The Hall–Kier alpha value is -1.64. The molecular weight excluding hydrogens is 384 g/mol. The van der Waals surface area contributed by atoms with Crippen LogP contribution in [0.1, 0.15) is 121 Å². The molecule has 0 heterocycles. The second-order valence-electron chi connectivity index (χ2n) is 9.63. The normalized spacial score (nSPS) is 19.7. The highest BCUT2D eigenvalue weighted by molar-refractivity contribution is 5.97. The van der Waals surface area contributed by atoms with Crippen molar-refractivity contribution in [3.63, 3.8) is 0 Å². The average Bonchev–Trinajstić information content (AvgIpc) is 2.80. The minimum absolute atomic E-state index is 0.0244. The summed E-state index contributed by atoms with van der Waals surface area (Å²) in [6, 6.07) is 7.16. The molecule has 0 aromatic heterocycles. The minimum atomic E-state index is -0.104. The highest BCUT2D eigenvalue weighted by Crippen LogP contribution is 2.33. The predicted octanol–water partition coefficient (Wildman–Crippen LogP) is 8.16. The van der Waals surface area contributed by atoms with Crippen molar-refractivity contribution in [3.8, 4) is 5.75 Å². The summed E-state index contributed by atoms with van der Waals surface area (Å²) in [5.41, 5.74) is 0.714. The highest BCUT2D eigenvalue weighted by Gasteiger charge is 2.27. The molecule has 174 valence electrons. The van der Waals surface area contributed by atoms with Gasteiger partial charge in [0.05, 0.1) is 5.92 Å². The summed E-state index contributed by atoms with van der Waals surface area (Å²) in [6.45, 7) is 6.46. The molecule has 0 radical (unpaired) electrons. The molecule has 1 aromatic rings. The number of ketones is 1. The second kappa shape index (κ2) is 14.4. The van der Waals surface area contributed by atoms with E-state index in [1.165, 1.54) is 51.4 Å². The Balaban J connectivity index is 1.73. The summed E-state index contributed by atoms with van der Waals surface area (Å²) in [5, 5.41) is 0. The van der Waals surface area contributed by atoms with Crippen LogP contribution in [0.25, 0.3) is 0 Å². The molecule has 0 N–H and O–H groups in total. The van der Waals surface area contributed by atoms with Crippen molar-refractivity contribution in [2.75, 3.05) is 0 Å². The topological polar surface area (TPSA) is 43.4 Å². The lowest BCUT2D eigenvalue weighted by Crippen LogP contribution is -2.25. The Kier molecular flexibility index (Phi) is 11.9. The Labute approximate surface area is 190 Å². The van der Waals surface area contributed by atoms with Crippen molar-refractivity contribution in [2.45, 2.75) is 111 Å². The average molecular weight is 429 g/mol. The van der Waals surface area contributed by atoms with Crippen molar-refractivity contribution >= 4 is 11.8 Å². The largest absolute Gasteiger partial charge is 0.426 e. The van der Waals surface area contributed by atoms with E-state index in [4.69, 9.17) is 4.74 Å². The number of rotatable bonds is 14. The van der Waals surface area contributed by atoms with Crippen LogP contribution in [0.3, 0.4) is 0 Å². The molecule has 0 spiro atoms. The van der Waals surface area contributed by atoms with Crippen LogP contribution >= 0.6 is 0 Å². The van der Waals surface area contributed by atoms with Gasteiger partial charge in [0.2, 0.25) is 0 Å². The van der Waals surface area contributed by atoms with E-state index in [0.29, 0.717) is 11.3 Å². The lowest BCUT2D eigenvalue weighted by molar-refractivity contribution is -0.140. The van der Waals surface area contributed by atoms with Gasteiger partial charge in [-0.1, -0.05) is 78.6 Å². The van der Waals surface area contributed by atoms with Gasteiger partial charge in [0.25, 0.3) is 0 Å². The maximum Gasteiger partial charge on any atom is 0.314 e. The van der Waals surface area contributed by atoms with E-state index in [9.17, 15) is 9.59 Å². The Morgan fingerprint density at radius 3 is 2.10 bits per heavy atom. The van der Waals surface area contributed by atoms with E-state index in [0.717, 1.165) is 44.4 Å². The van der Waals surface area contributed by atoms with Gasteiger partial charge in [-0.05, 0) is 62.3 Å². The van der Waals surface area contributed by atoms with Gasteiger partial charge in [-0.25, -0.2) is 0 Å². The van der Waals surface area contributed by atoms with E-state index in [1.807, 2.05) is 6.92 Å². The van der Waals surface area contributed by atoms with Crippen LogP contribution in [0, 0.1) is 17.8 Å². The van der Waals surface area contributed by atoms with Crippen molar-refractivity contribution in [1.29, 1.82) is 0 Å². The zero-order valence-corrected chi connectivity index (χ0v) is 20.2. The van der Waals surface area contributed by atoms with Crippen molar-refractivity contribution < 1.29 is 14.3 Å². The summed E-state index contributed by atoms with van der Waals surface area (Å²) in [5.74, 6) is 1.49. The Morgan fingerprint density at radius 2 is 1.48 bits per heavy atom. The zero-order chi connectivity index (χ0) is 22.5. The van der Waals surface area contributed by atoms with E-state index < -0.39 is 0 Å². The maximum atomic E-state index is 12.6. The SMILES string of the molecule is CCCCCCC(C)C(=O)c1ccc(OC(=O)[C@H]2CC[C@H](CCCCCC)CC2)cc1. The molecule has 3 heteroatoms. The quantitative estimate of drug-likeness (QED) is 0.130. The zero-order valence-electron chi connectivity index (χ0n) is 20.2. The first kappa shape index (κ1) is 25.6. The number of carbonyl (C=O) groups excluding carboxylic acids is 2. The molecule has 0 bridgehead atoms. The molecule has 1 aromatic carbocycles. The summed E-state index contributed by atoms with van der Waals surface area (Å²) in [4.78, 5) is 25.2. The summed E-state index contributed by atoms with van der Waals surface area (Å²) in [7, 11) is 0. The molecule has 1 fully saturated rings. The van der Waals surface area contributed by atoms with Gasteiger partial charge >= 0.3 is 5.97 Å². The summed E-state index contributed by atoms with van der Waals surface area (Å²) < 4.78 is 5.64. The monoisotopic (exact) mass is 428 g/mol. The number of carbonyl (C=O) groups is 2. The molecule has 1 atom stereocenters. The van der Waals surface area contributed by atoms with Gasteiger partial charge in [-0.2, -0.15) is 0 Å². The maximum absolute atomic E-state index is 12.6. The molecule has 1 aliphatic rings. The molecule has 0 saturated heterocycles. The van der Waals surface area contributed by atoms with E-state index in [2.05, 4.69) is 13.8 Å². The Morgan fingerprint density at radius 1 is 0.871 bits per heavy atom. The smallest absolute Gasteiger partial charge is 0.314 e. The number of esters is 1. The first-order valence-corrected chi connectivity index (χ1v) is 12.9. The van der Waals surface area contributed by atoms with Gasteiger partial charge in [0.15, 0.2) is 5.78 Å². The fraction of sp³-hybridized carbons (Fsp3) is 0.714. The van der Waals surface area contributed by atoms with E-state index in [1.54, 1.807) is 24.3 Å². The van der Waals surface area contributed by atoms with Crippen LogP contribution in [0.15, 0.2) is 24.3 Å². The molecule has 31 heavy (non-hydrogen) atoms. The number of hydrogen-bond donors (Lipinski definition) is 0. The third kappa shape index (κ3) is 9.17. The van der Waals surface area contributed by atoms with Crippen LogP contribution in [-0.4, -0.2) is 11.8 Å². The number of benzene rings is 1. The summed E-state index contributed by atoms with van der Waals surface area (Å²) in [6.07, 6.45) is 16.5. The number of Topliss-reactive ketones (excluding diaryl/α,β-unsaturated/α-hetero) is 1. The first-order valence-electron chi connectivity index (χ1n) is 12.9. The van der Waals surface area contributed by atoms with E-state index in [-0.39, 0.29) is 23.6 Å². The fourth-order valence-electron chi connectivity index (χ4n) is 4.73. The number of unbranched alkanes of at least 4 members (excludes halogenated alkanes) is 6. The molecule has 0 amide bonds. The predicted molar refractivity (Wildman–Crippen MR) is 129 cm³/mol. The number of ether oxygens (including phenoxy) is 1. The van der Waals surface area contributed by atoms with Gasteiger partial charge in [0.1, 0.15) is 5.75 Å². The minimum Gasteiger partial charge on any atom is -0.426 e. The number of hydrogen-bond acceptors (Lipinski definition) is 3. The molecule has 1 aliphatic carbocycles.